The fraction of sp³-hybridized carbons (Fsp3) is 0.304. The smallest absolute Gasteiger partial charge is 0.270 e. The van der Waals surface area contributed by atoms with E-state index in [1.165, 1.54) is 18.2 Å². The van der Waals surface area contributed by atoms with Crippen molar-refractivity contribution in [1.29, 1.82) is 0 Å². The molecular formula is C23H21ClN2O5. The number of aryl methyl sites for hydroxylation is 1. The van der Waals surface area contributed by atoms with Crippen LogP contribution in [0.25, 0.3) is 6.08 Å². The highest BCUT2D eigenvalue weighted by Gasteiger charge is 2.44. The highest BCUT2D eigenvalue weighted by molar-refractivity contribution is 6.31. The Bertz CT molecular complexity index is 1100. The number of hydrogen-bond donors (Lipinski definition) is 0. The Balaban J connectivity index is 1.43. The average molecular weight is 441 g/mol. The number of likely N-dealkylation sites (tertiary alicyclic amines) is 1. The van der Waals surface area contributed by atoms with Gasteiger partial charge in [-0.1, -0.05) is 23.7 Å². The van der Waals surface area contributed by atoms with Crippen LogP contribution in [0.2, 0.25) is 5.02 Å². The monoisotopic (exact) mass is 440 g/mol. The summed E-state index contributed by atoms with van der Waals surface area (Å²) in [7, 11) is 0. The third-order valence-electron chi connectivity index (χ3n) is 5.83. The summed E-state index contributed by atoms with van der Waals surface area (Å²) in [5, 5.41) is 11.4. The molecule has 1 spiro atoms. The number of nitro benzene ring substituents is 1. The number of ether oxygens (including phenoxy) is 1. The quantitative estimate of drug-likeness (QED) is 0.395. The molecule has 0 N–H and O–H groups in total. The highest BCUT2D eigenvalue weighted by Crippen LogP contribution is 2.42. The Morgan fingerprint density at radius 1 is 1.26 bits per heavy atom. The van der Waals surface area contributed by atoms with Crippen molar-refractivity contribution in [2.45, 2.75) is 31.8 Å². The molecule has 2 aliphatic heterocycles. The van der Waals surface area contributed by atoms with E-state index in [1.807, 2.05) is 6.92 Å². The van der Waals surface area contributed by atoms with Gasteiger partial charge in [0.25, 0.3) is 5.69 Å². The van der Waals surface area contributed by atoms with Crippen molar-refractivity contribution < 1.29 is 19.2 Å². The van der Waals surface area contributed by atoms with Crippen LogP contribution in [0.4, 0.5) is 5.69 Å². The first-order valence-corrected chi connectivity index (χ1v) is 10.4. The number of ketones is 1. The number of hydrogen-bond acceptors (Lipinski definition) is 5. The fourth-order valence-electron chi connectivity index (χ4n) is 4.14. The van der Waals surface area contributed by atoms with Crippen molar-refractivity contribution >= 4 is 35.1 Å². The van der Waals surface area contributed by atoms with Gasteiger partial charge in [-0.2, -0.15) is 0 Å². The lowest BCUT2D eigenvalue weighted by Gasteiger charge is -2.44. The van der Waals surface area contributed by atoms with Gasteiger partial charge in [-0.25, -0.2) is 0 Å². The molecule has 1 fully saturated rings. The summed E-state index contributed by atoms with van der Waals surface area (Å²) in [5.41, 5.74) is 1.30. The zero-order chi connectivity index (χ0) is 22.2. The van der Waals surface area contributed by atoms with E-state index < -0.39 is 10.5 Å². The van der Waals surface area contributed by atoms with Gasteiger partial charge in [0.1, 0.15) is 11.4 Å². The van der Waals surface area contributed by atoms with Crippen LogP contribution >= 0.6 is 11.6 Å². The van der Waals surface area contributed by atoms with Crippen LogP contribution in [-0.4, -0.2) is 40.2 Å². The Morgan fingerprint density at radius 2 is 2.00 bits per heavy atom. The van der Waals surface area contributed by atoms with Gasteiger partial charge in [-0.3, -0.25) is 19.7 Å². The summed E-state index contributed by atoms with van der Waals surface area (Å²) in [6, 6.07) is 9.54. The number of carbonyl (C=O) groups excluding carboxylic acids is 2. The molecule has 0 atom stereocenters. The summed E-state index contributed by atoms with van der Waals surface area (Å²) >= 11 is 6.08. The standard InChI is InChI=1S/C23H21ClN2O5/c1-15-11-17(24)13-19-20(27)14-23(31-22(15)19)7-9-25(10-8-23)21(28)6-5-16-3-2-4-18(12-16)26(29)30/h2-6,11-13H,7-10,14H2,1H3/b6-5+. The molecule has 0 aliphatic carbocycles. The van der Waals surface area contributed by atoms with Crippen LogP contribution in [0.3, 0.4) is 0 Å². The predicted octanol–water partition coefficient (Wildman–Crippen LogP) is 4.60. The molecule has 8 heteroatoms. The van der Waals surface area contributed by atoms with E-state index in [1.54, 1.807) is 35.2 Å². The maximum absolute atomic E-state index is 12.7. The summed E-state index contributed by atoms with van der Waals surface area (Å²) in [6.07, 6.45) is 4.37. The minimum Gasteiger partial charge on any atom is -0.486 e. The summed E-state index contributed by atoms with van der Waals surface area (Å²) < 4.78 is 6.31. The lowest BCUT2D eigenvalue weighted by atomic mass is 9.82. The van der Waals surface area contributed by atoms with Gasteiger partial charge in [0.05, 0.1) is 16.9 Å². The first kappa shape index (κ1) is 21.1. The van der Waals surface area contributed by atoms with Gasteiger partial charge in [-0.15, -0.1) is 0 Å². The van der Waals surface area contributed by atoms with Crippen LogP contribution in [0.15, 0.2) is 42.5 Å². The van der Waals surface area contributed by atoms with Crippen LogP contribution in [-0.2, 0) is 4.79 Å². The zero-order valence-electron chi connectivity index (χ0n) is 17.0. The van der Waals surface area contributed by atoms with Crippen molar-refractivity contribution in [2.24, 2.45) is 0 Å². The summed E-state index contributed by atoms with van der Waals surface area (Å²) in [6.45, 7) is 2.80. The minimum atomic E-state index is -0.608. The first-order chi connectivity index (χ1) is 14.8. The topological polar surface area (TPSA) is 89.8 Å². The molecule has 2 aromatic rings. The van der Waals surface area contributed by atoms with Crippen molar-refractivity contribution in [2.75, 3.05) is 13.1 Å². The highest BCUT2D eigenvalue weighted by atomic mass is 35.5. The normalized spacial score (nSPS) is 17.5. The maximum Gasteiger partial charge on any atom is 0.270 e. The summed E-state index contributed by atoms with van der Waals surface area (Å²) in [4.78, 5) is 37.5. The number of non-ortho nitro benzene ring substituents is 1. The Morgan fingerprint density at radius 3 is 2.71 bits per heavy atom. The second-order valence-corrected chi connectivity index (χ2v) is 8.43. The Hall–Kier alpha value is -3.19. The molecule has 1 amide bonds. The van der Waals surface area contributed by atoms with Gasteiger partial charge in [0.2, 0.25) is 5.91 Å². The molecule has 0 saturated carbocycles. The van der Waals surface area contributed by atoms with Crippen LogP contribution in [0.1, 0.15) is 40.7 Å². The molecule has 4 rings (SSSR count). The van der Waals surface area contributed by atoms with Gasteiger partial charge >= 0.3 is 0 Å². The molecule has 160 valence electrons. The molecule has 31 heavy (non-hydrogen) atoms. The molecule has 2 aromatic carbocycles. The molecule has 2 heterocycles. The number of nitrogens with zero attached hydrogens (tertiary/aromatic N) is 2. The van der Waals surface area contributed by atoms with Gasteiger partial charge in [0, 0.05) is 49.2 Å². The van der Waals surface area contributed by atoms with Crippen LogP contribution in [0, 0.1) is 17.0 Å². The number of benzene rings is 2. The third-order valence-corrected chi connectivity index (χ3v) is 6.05. The number of fused-ring (bicyclic) bond motifs is 1. The second-order valence-electron chi connectivity index (χ2n) is 8.00. The molecule has 1 saturated heterocycles. The maximum atomic E-state index is 12.7. The average Bonchev–Trinajstić information content (AvgIpc) is 2.74. The molecule has 0 unspecified atom stereocenters. The van der Waals surface area contributed by atoms with Crippen molar-refractivity contribution in [3.8, 4) is 5.75 Å². The Labute approximate surface area is 184 Å². The van der Waals surface area contributed by atoms with E-state index in [0.717, 1.165) is 5.56 Å². The second kappa shape index (κ2) is 8.15. The SMILES string of the molecule is Cc1cc(Cl)cc2c1OC1(CCN(C(=O)/C=C/c3cccc([N+](=O)[O-])c3)CC1)CC2=O. The van der Waals surface area contributed by atoms with E-state index in [4.69, 9.17) is 16.3 Å². The number of carbonyl (C=O) groups is 2. The lowest BCUT2D eigenvalue weighted by molar-refractivity contribution is -0.384. The van der Waals surface area contributed by atoms with Crippen molar-refractivity contribution in [1.82, 2.24) is 4.90 Å². The number of halogens is 1. The van der Waals surface area contributed by atoms with Crippen molar-refractivity contribution in [3.63, 3.8) is 0 Å². The van der Waals surface area contributed by atoms with Gasteiger partial charge < -0.3 is 9.64 Å². The molecule has 0 radical (unpaired) electrons. The number of rotatable bonds is 3. The molecule has 0 aromatic heterocycles. The Kier molecular flexibility index (Phi) is 5.54. The van der Waals surface area contributed by atoms with Crippen molar-refractivity contribution in [3.05, 3.63) is 74.3 Å². The summed E-state index contributed by atoms with van der Waals surface area (Å²) in [5.74, 6) is 0.426. The molecular weight excluding hydrogens is 420 g/mol. The fourth-order valence-corrected chi connectivity index (χ4v) is 4.41. The molecule has 7 nitrogen and oxygen atoms in total. The zero-order valence-corrected chi connectivity index (χ0v) is 17.7. The minimum absolute atomic E-state index is 0.0113. The molecule has 2 aliphatic rings. The number of Topliss-reactive ketones (excluding diaryl/α,β-unsaturated/α-hetero) is 1. The third kappa shape index (κ3) is 4.32. The van der Waals surface area contributed by atoms with E-state index in [2.05, 4.69) is 0 Å². The van der Waals surface area contributed by atoms with E-state index in [0.29, 0.717) is 47.8 Å². The van der Waals surface area contributed by atoms with Gasteiger partial charge in [0.15, 0.2) is 5.78 Å². The lowest BCUT2D eigenvalue weighted by Crippen LogP contribution is -2.52. The molecule has 0 bridgehead atoms. The van der Waals surface area contributed by atoms with Crippen LogP contribution < -0.4 is 4.74 Å². The number of piperidine rings is 1. The van der Waals surface area contributed by atoms with E-state index >= 15 is 0 Å². The predicted molar refractivity (Wildman–Crippen MR) is 116 cm³/mol. The van der Waals surface area contributed by atoms with Crippen LogP contribution in [0.5, 0.6) is 5.75 Å². The van der Waals surface area contributed by atoms with E-state index in [-0.39, 0.29) is 23.8 Å². The first-order valence-electron chi connectivity index (χ1n) is 10.0. The van der Waals surface area contributed by atoms with Gasteiger partial charge in [-0.05, 0) is 36.3 Å². The number of amides is 1. The largest absolute Gasteiger partial charge is 0.486 e. The van der Waals surface area contributed by atoms with E-state index in [9.17, 15) is 19.7 Å². The number of nitro groups is 1.